The largest absolute Gasteiger partial charge is 0.469 e. The van der Waals surface area contributed by atoms with Crippen LogP contribution in [0.15, 0.2) is 0 Å². The first-order valence-electron chi connectivity index (χ1n) is 7.70. The molecule has 122 valence electrons. The number of carbonyl (C=O) groups is 1. The highest BCUT2D eigenvalue weighted by Crippen LogP contribution is 2.32. The molecule has 7 heteroatoms. The van der Waals surface area contributed by atoms with Crippen molar-refractivity contribution in [3.8, 4) is 0 Å². The van der Waals surface area contributed by atoms with E-state index in [2.05, 4.69) is 21.4 Å². The highest BCUT2D eigenvalue weighted by molar-refractivity contribution is 7.89. The summed E-state index contributed by atoms with van der Waals surface area (Å²) in [6.45, 7) is 0. The minimum atomic E-state index is -3.31. The van der Waals surface area contributed by atoms with Gasteiger partial charge in [0, 0.05) is 24.5 Å². The van der Waals surface area contributed by atoms with Crippen LogP contribution in [0.2, 0.25) is 0 Å². The number of esters is 1. The molecule has 21 heavy (non-hydrogen) atoms. The van der Waals surface area contributed by atoms with E-state index in [0.717, 1.165) is 25.7 Å². The Balaban J connectivity index is 1.82. The van der Waals surface area contributed by atoms with Gasteiger partial charge in [0.1, 0.15) is 0 Å². The molecule has 1 N–H and O–H groups in total. The van der Waals surface area contributed by atoms with E-state index in [4.69, 9.17) is 0 Å². The van der Waals surface area contributed by atoms with Gasteiger partial charge in [-0.05, 0) is 39.2 Å². The fraction of sp³-hybridized carbons (Fsp3) is 0.929. The molecular formula is C14H26N2O4S. The van der Waals surface area contributed by atoms with Crippen LogP contribution < -0.4 is 4.72 Å². The van der Waals surface area contributed by atoms with Gasteiger partial charge < -0.3 is 9.64 Å². The fourth-order valence-electron chi connectivity index (χ4n) is 3.53. The normalized spacial score (nSPS) is 30.1. The van der Waals surface area contributed by atoms with Gasteiger partial charge in [0.2, 0.25) is 10.0 Å². The van der Waals surface area contributed by atoms with Crippen molar-refractivity contribution in [2.75, 3.05) is 19.9 Å². The maximum Gasteiger partial charge on any atom is 0.305 e. The summed E-state index contributed by atoms with van der Waals surface area (Å²) in [5.41, 5.74) is 0. The van der Waals surface area contributed by atoms with Crippen molar-refractivity contribution < 1.29 is 17.9 Å². The quantitative estimate of drug-likeness (QED) is 0.736. The Hall–Kier alpha value is -0.660. The van der Waals surface area contributed by atoms with Gasteiger partial charge in [0.15, 0.2) is 0 Å². The maximum atomic E-state index is 12.1. The number of hydrogen-bond donors (Lipinski definition) is 1. The lowest BCUT2D eigenvalue weighted by Crippen LogP contribution is -2.55. The van der Waals surface area contributed by atoms with Gasteiger partial charge >= 0.3 is 5.97 Å². The molecule has 0 aromatic rings. The van der Waals surface area contributed by atoms with Crippen molar-refractivity contribution in [1.29, 1.82) is 0 Å². The molecule has 2 saturated heterocycles. The Kier molecular flexibility index (Phi) is 5.62. The second kappa shape index (κ2) is 7.07. The molecule has 0 aliphatic carbocycles. The first-order chi connectivity index (χ1) is 9.91. The summed E-state index contributed by atoms with van der Waals surface area (Å²) < 4.78 is 31.5. The third-order valence-electron chi connectivity index (χ3n) is 4.71. The fourth-order valence-corrected chi connectivity index (χ4v) is 4.88. The van der Waals surface area contributed by atoms with E-state index in [1.807, 2.05) is 0 Å². The zero-order chi connectivity index (χ0) is 15.5. The molecule has 2 bridgehead atoms. The minimum absolute atomic E-state index is 0.0101. The van der Waals surface area contributed by atoms with Crippen molar-refractivity contribution in [3.05, 3.63) is 0 Å². The lowest BCUT2D eigenvalue weighted by molar-refractivity contribution is -0.140. The van der Waals surface area contributed by atoms with Crippen molar-refractivity contribution in [2.45, 2.75) is 63.1 Å². The van der Waals surface area contributed by atoms with Gasteiger partial charge in [-0.25, -0.2) is 13.1 Å². The molecule has 2 unspecified atom stereocenters. The summed E-state index contributed by atoms with van der Waals surface area (Å²) in [5.74, 6) is -0.372. The Bertz CT molecular complexity index is 452. The summed E-state index contributed by atoms with van der Waals surface area (Å²) in [5, 5.41) is 0. The molecule has 0 amide bonds. The molecule has 0 spiro atoms. The minimum Gasteiger partial charge on any atom is -0.469 e. The number of nitrogens with zero attached hydrogens (tertiary/aromatic N) is 1. The van der Waals surface area contributed by atoms with Crippen LogP contribution in [0.3, 0.4) is 0 Å². The second-order valence-corrected chi connectivity index (χ2v) is 8.06. The number of piperidine rings is 2. The summed E-state index contributed by atoms with van der Waals surface area (Å²) >= 11 is 0. The molecule has 0 aromatic carbocycles. The van der Waals surface area contributed by atoms with Crippen LogP contribution in [0.5, 0.6) is 0 Å². The molecule has 6 nitrogen and oxygen atoms in total. The topological polar surface area (TPSA) is 75.7 Å². The number of nitrogens with one attached hydrogen (secondary N) is 1. The first-order valence-corrected chi connectivity index (χ1v) is 9.35. The van der Waals surface area contributed by atoms with E-state index in [9.17, 15) is 13.2 Å². The molecule has 2 heterocycles. The number of hydrogen-bond acceptors (Lipinski definition) is 5. The van der Waals surface area contributed by atoms with Gasteiger partial charge in [0.05, 0.1) is 12.9 Å². The van der Waals surface area contributed by atoms with Gasteiger partial charge in [-0.1, -0.05) is 6.42 Å². The zero-order valence-corrected chi connectivity index (χ0v) is 13.7. The van der Waals surface area contributed by atoms with Crippen LogP contribution in [-0.2, 0) is 19.6 Å². The average Bonchev–Trinajstić information content (AvgIpc) is 2.39. The number of carbonyl (C=O) groups excluding carboxylic acids is 1. The monoisotopic (exact) mass is 318 g/mol. The highest BCUT2D eigenvalue weighted by Gasteiger charge is 2.37. The van der Waals surface area contributed by atoms with Crippen LogP contribution in [-0.4, -0.2) is 57.3 Å². The number of rotatable bonds is 6. The smallest absolute Gasteiger partial charge is 0.305 e. The van der Waals surface area contributed by atoms with Crippen molar-refractivity contribution in [1.82, 2.24) is 9.62 Å². The van der Waals surface area contributed by atoms with Crippen LogP contribution in [0, 0.1) is 0 Å². The number of sulfonamides is 1. The second-order valence-electron chi connectivity index (χ2n) is 6.19. The van der Waals surface area contributed by atoms with Crippen LogP contribution in [0.25, 0.3) is 0 Å². The SMILES string of the molecule is COC(=O)CCCS(=O)(=O)NC1CC2CCCC(C1)N2C. The van der Waals surface area contributed by atoms with Gasteiger partial charge in [-0.15, -0.1) is 0 Å². The average molecular weight is 318 g/mol. The van der Waals surface area contributed by atoms with E-state index < -0.39 is 10.0 Å². The molecule has 2 aliphatic heterocycles. The van der Waals surface area contributed by atoms with Crippen LogP contribution in [0.1, 0.15) is 44.9 Å². The third-order valence-corrected chi connectivity index (χ3v) is 6.23. The lowest BCUT2D eigenvalue weighted by atomic mass is 9.83. The van der Waals surface area contributed by atoms with E-state index >= 15 is 0 Å². The Morgan fingerprint density at radius 1 is 1.29 bits per heavy atom. The number of ether oxygens (including phenoxy) is 1. The van der Waals surface area contributed by atoms with E-state index in [1.165, 1.54) is 13.5 Å². The molecular weight excluding hydrogens is 292 g/mol. The lowest BCUT2D eigenvalue weighted by Gasteiger charge is -2.47. The highest BCUT2D eigenvalue weighted by atomic mass is 32.2. The predicted octanol–water partition coefficient (Wildman–Crippen LogP) is 0.874. The zero-order valence-electron chi connectivity index (χ0n) is 12.9. The van der Waals surface area contributed by atoms with E-state index in [-0.39, 0.29) is 24.2 Å². The van der Waals surface area contributed by atoms with Gasteiger partial charge in [-0.2, -0.15) is 0 Å². The molecule has 0 aromatic heterocycles. The number of methoxy groups -OCH3 is 1. The van der Waals surface area contributed by atoms with Gasteiger partial charge in [0.25, 0.3) is 0 Å². The molecule has 2 atom stereocenters. The summed E-state index contributed by atoms with van der Waals surface area (Å²) in [6.07, 6.45) is 5.81. The summed E-state index contributed by atoms with van der Waals surface area (Å²) in [7, 11) is 0.150. The predicted molar refractivity (Wildman–Crippen MR) is 80.4 cm³/mol. The van der Waals surface area contributed by atoms with Crippen molar-refractivity contribution >= 4 is 16.0 Å². The molecule has 2 aliphatic rings. The standard InChI is InChI=1S/C14H26N2O4S/c1-16-12-5-3-6-13(16)10-11(9-12)15-21(18,19)8-4-7-14(17)20-2/h11-13,15H,3-10H2,1-2H3. The van der Waals surface area contributed by atoms with E-state index in [0.29, 0.717) is 18.5 Å². The maximum absolute atomic E-state index is 12.1. The van der Waals surface area contributed by atoms with Crippen LogP contribution >= 0.6 is 0 Å². The first kappa shape index (κ1) is 16.7. The number of fused-ring (bicyclic) bond motifs is 2. The van der Waals surface area contributed by atoms with Crippen molar-refractivity contribution in [2.24, 2.45) is 0 Å². The Morgan fingerprint density at radius 2 is 1.90 bits per heavy atom. The van der Waals surface area contributed by atoms with Crippen molar-refractivity contribution in [3.63, 3.8) is 0 Å². The van der Waals surface area contributed by atoms with Crippen LogP contribution in [0.4, 0.5) is 0 Å². The Labute approximate surface area is 127 Å². The summed E-state index contributed by atoms with van der Waals surface area (Å²) in [4.78, 5) is 13.4. The molecule has 2 rings (SSSR count). The molecule has 0 radical (unpaired) electrons. The van der Waals surface area contributed by atoms with E-state index in [1.54, 1.807) is 0 Å². The summed E-state index contributed by atoms with van der Waals surface area (Å²) in [6, 6.07) is 1.04. The molecule has 2 fully saturated rings. The molecule has 0 saturated carbocycles. The Morgan fingerprint density at radius 3 is 2.48 bits per heavy atom. The van der Waals surface area contributed by atoms with Gasteiger partial charge in [-0.3, -0.25) is 4.79 Å². The third kappa shape index (κ3) is 4.66.